The predicted octanol–water partition coefficient (Wildman–Crippen LogP) is 2.45. The summed E-state index contributed by atoms with van der Waals surface area (Å²) in [5, 5.41) is 8.47. The van der Waals surface area contributed by atoms with Gasteiger partial charge in [0.25, 0.3) is 0 Å². The van der Waals surface area contributed by atoms with Crippen LogP contribution in [0.15, 0.2) is 11.6 Å². The van der Waals surface area contributed by atoms with Gasteiger partial charge in [0.1, 0.15) is 0 Å². The van der Waals surface area contributed by atoms with Crippen molar-refractivity contribution in [2.45, 2.75) is 32.6 Å². The third-order valence-corrected chi connectivity index (χ3v) is 1.23. The van der Waals surface area contributed by atoms with Gasteiger partial charge in [-0.2, -0.15) is 0 Å². The lowest BCUT2D eigenvalue weighted by Crippen LogP contribution is -2.15. The van der Waals surface area contributed by atoms with E-state index >= 15 is 0 Å². The van der Waals surface area contributed by atoms with Gasteiger partial charge in [-0.15, -0.1) is 0 Å². The number of allylic oxidation sites excluding steroid dienone is 1. The molecule has 0 saturated heterocycles. The SMILES string of the molecule is CC/C=C(/CC(C)(F)F)C(=O)O. The maximum atomic E-state index is 12.4. The molecule has 0 aliphatic heterocycles. The van der Waals surface area contributed by atoms with Crippen LogP contribution in [0.2, 0.25) is 0 Å². The van der Waals surface area contributed by atoms with Crippen LogP contribution < -0.4 is 0 Å². The smallest absolute Gasteiger partial charge is 0.331 e. The fraction of sp³-hybridized carbons (Fsp3) is 0.625. The first-order valence-electron chi connectivity index (χ1n) is 3.67. The van der Waals surface area contributed by atoms with Gasteiger partial charge in [0.05, 0.1) is 0 Å². The van der Waals surface area contributed by atoms with Gasteiger partial charge in [-0.05, 0) is 13.3 Å². The van der Waals surface area contributed by atoms with Gasteiger partial charge in [0, 0.05) is 12.0 Å². The number of carboxylic acids is 1. The summed E-state index contributed by atoms with van der Waals surface area (Å²) >= 11 is 0. The molecule has 0 spiro atoms. The molecule has 0 radical (unpaired) electrons. The minimum absolute atomic E-state index is 0.218. The van der Waals surface area contributed by atoms with E-state index in [1.165, 1.54) is 6.08 Å². The van der Waals surface area contributed by atoms with Gasteiger partial charge in [-0.1, -0.05) is 13.0 Å². The minimum Gasteiger partial charge on any atom is -0.478 e. The van der Waals surface area contributed by atoms with E-state index in [0.29, 0.717) is 13.3 Å². The molecular weight excluding hydrogens is 166 g/mol. The molecule has 12 heavy (non-hydrogen) atoms. The van der Waals surface area contributed by atoms with Crippen LogP contribution >= 0.6 is 0 Å². The Labute approximate surface area is 69.9 Å². The van der Waals surface area contributed by atoms with Gasteiger partial charge in [0.15, 0.2) is 0 Å². The number of halogens is 2. The molecule has 0 amide bonds. The van der Waals surface area contributed by atoms with E-state index in [2.05, 4.69) is 0 Å². The maximum absolute atomic E-state index is 12.4. The van der Waals surface area contributed by atoms with Crippen LogP contribution in [0.4, 0.5) is 8.78 Å². The molecule has 0 heterocycles. The summed E-state index contributed by atoms with van der Waals surface area (Å²) in [6, 6.07) is 0. The lowest BCUT2D eigenvalue weighted by atomic mass is 10.1. The number of rotatable bonds is 4. The molecule has 0 rings (SSSR count). The topological polar surface area (TPSA) is 37.3 Å². The Balaban J connectivity index is 4.36. The Morgan fingerprint density at radius 2 is 2.08 bits per heavy atom. The lowest BCUT2D eigenvalue weighted by Gasteiger charge is -2.09. The molecule has 0 fully saturated rings. The fourth-order valence-corrected chi connectivity index (χ4v) is 0.816. The zero-order chi connectivity index (χ0) is 9.78. The van der Waals surface area contributed by atoms with Gasteiger partial charge in [-0.3, -0.25) is 0 Å². The quantitative estimate of drug-likeness (QED) is 0.671. The second-order valence-corrected chi connectivity index (χ2v) is 2.69. The summed E-state index contributed by atoms with van der Waals surface area (Å²) in [6.07, 6.45) is 1.06. The van der Waals surface area contributed by atoms with Crippen molar-refractivity contribution in [1.82, 2.24) is 0 Å². The molecule has 0 atom stereocenters. The van der Waals surface area contributed by atoms with E-state index in [9.17, 15) is 13.6 Å². The molecule has 0 unspecified atom stereocenters. The highest BCUT2D eigenvalue weighted by Crippen LogP contribution is 2.22. The highest BCUT2D eigenvalue weighted by Gasteiger charge is 2.25. The molecule has 0 saturated carbocycles. The normalized spacial score (nSPS) is 13.2. The second kappa shape index (κ2) is 4.18. The fourth-order valence-electron chi connectivity index (χ4n) is 0.816. The maximum Gasteiger partial charge on any atom is 0.331 e. The predicted molar refractivity (Wildman–Crippen MR) is 41.2 cm³/mol. The van der Waals surface area contributed by atoms with Crippen molar-refractivity contribution in [2.75, 3.05) is 0 Å². The third kappa shape index (κ3) is 4.82. The summed E-state index contributed by atoms with van der Waals surface area (Å²) in [7, 11) is 0. The number of hydrogen-bond acceptors (Lipinski definition) is 1. The number of carboxylic acid groups (broad SMARTS) is 1. The lowest BCUT2D eigenvalue weighted by molar-refractivity contribution is -0.133. The Kier molecular flexibility index (Phi) is 3.86. The van der Waals surface area contributed by atoms with Crippen LogP contribution in [0.1, 0.15) is 26.7 Å². The Hall–Kier alpha value is -0.930. The summed E-state index contributed by atoms with van der Waals surface area (Å²) in [6.45, 7) is 2.41. The van der Waals surface area contributed by atoms with Crippen molar-refractivity contribution in [3.63, 3.8) is 0 Å². The zero-order valence-electron chi connectivity index (χ0n) is 7.10. The van der Waals surface area contributed by atoms with Crippen LogP contribution in [-0.2, 0) is 4.79 Å². The average Bonchev–Trinajstić information content (AvgIpc) is 1.83. The monoisotopic (exact) mass is 178 g/mol. The molecule has 0 bridgehead atoms. The average molecular weight is 178 g/mol. The standard InChI is InChI=1S/C8H12F2O2/c1-3-4-6(7(11)12)5-8(2,9)10/h4H,3,5H2,1-2H3,(H,11,12)/b6-4-. The number of aliphatic carboxylic acids is 1. The molecule has 1 N–H and O–H groups in total. The Morgan fingerprint density at radius 1 is 1.58 bits per heavy atom. The number of carbonyl (C=O) groups is 1. The van der Waals surface area contributed by atoms with Crippen molar-refractivity contribution >= 4 is 5.97 Å². The second-order valence-electron chi connectivity index (χ2n) is 2.69. The third-order valence-electron chi connectivity index (χ3n) is 1.23. The summed E-state index contributed by atoms with van der Waals surface area (Å²) in [4.78, 5) is 10.4. The number of hydrogen-bond donors (Lipinski definition) is 1. The molecule has 0 aromatic heterocycles. The first-order chi connectivity index (χ1) is 5.37. The van der Waals surface area contributed by atoms with Crippen molar-refractivity contribution in [3.05, 3.63) is 11.6 Å². The Morgan fingerprint density at radius 3 is 2.33 bits per heavy atom. The highest BCUT2D eigenvalue weighted by molar-refractivity contribution is 5.86. The molecule has 0 aromatic rings. The van der Waals surface area contributed by atoms with E-state index in [4.69, 9.17) is 5.11 Å². The van der Waals surface area contributed by atoms with Crippen LogP contribution in [0.5, 0.6) is 0 Å². The molecule has 0 aliphatic rings. The van der Waals surface area contributed by atoms with E-state index in [1.807, 2.05) is 0 Å². The van der Waals surface area contributed by atoms with E-state index in [0.717, 1.165) is 0 Å². The van der Waals surface area contributed by atoms with Crippen molar-refractivity contribution in [2.24, 2.45) is 0 Å². The van der Waals surface area contributed by atoms with E-state index < -0.39 is 18.3 Å². The van der Waals surface area contributed by atoms with Crippen LogP contribution in [-0.4, -0.2) is 17.0 Å². The molecule has 4 heteroatoms. The molecule has 2 nitrogen and oxygen atoms in total. The van der Waals surface area contributed by atoms with Crippen molar-refractivity contribution in [1.29, 1.82) is 0 Å². The highest BCUT2D eigenvalue weighted by atomic mass is 19.3. The summed E-state index contributed by atoms with van der Waals surface area (Å²) in [5.74, 6) is -4.21. The molecule has 0 aromatic carbocycles. The van der Waals surface area contributed by atoms with Gasteiger partial charge >= 0.3 is 5.97 Å². The zero-order valence-corrected chi connectivity index (χ0v) is 7.10. The van der Waals surface area contributed by atoms with E-state index in [-0.39, 0.29) is 5.57 Å². The molecule has 0 aliphatic carbocycles. The molecular formula is C8H12F2O2. The van der Waals surface area contributed by atoms with Gasteiger partial charge in [-0.25, -0.2) is 13.6 Å². The van der Waals surface area contributed by atoms with Crippen molar-refractivity contribution in [3.8, 4) is 0 Å². The number of alkyl halides is 2. The largest absolute Gasteiger partial charge is 0.478 e. The first kappa shape index (κ1) is 11.1. The summed E-state index contributed by atoms with van der Waals surface area (Å²) < 4.78 is 24.7. The van der Waals surface area contributed by atoms with Crippen molar-refractivity contribution < 1.29 is 18.7 Å². The van der Waals surface area contributed by atoms with Crippen LogP contribution in [0, 0.1) is 0 Å². The van der Waals surface area contributed by atoms with E-state index in [1.54, 1.807) is 6.92 Å². The summed E-state index contributed by atoms with van der Waals surface area (Å²) in [5.41, 5.74) is -0.218. The van der Waals surface area contributed by atoms with Crippen LogP contribution in [0.3, 0.4) is 0 Å². The van der Waals surface area contributed by atoms with Crippen LogP contribution in [0.25, 0.3) is 0 Å². The van der Waals surface area contributed by atoms with Gasteiger partial charge in [0.2, 0.25) is 5.92 Å². The van der Waals surface area contributed by atoms with Gasteiger partial charge < -0.3 is 5.11 Å². The first-order valence-corrected chi connectivity index (χ1v) is 3.67. The molecule has 70 valence electrons. The Bertz CT molecular complexity index is 192. The minimum atomic E-state index is -2.95.